The van der Waals surface area contributed by atoms with Crippen molar-refractivity contribution in [2.75, 3.05) is 16.9 Å². The summed E-state index contributed by atoms with van der Waals surface area (Å²) in [5.41, 5.74) is 2.35. The lowest BCUT2D eigenvalue weighted by molar-refractivity contribution is -0.119. The number of thiophene rings is 1. The van der Waals surface area contributed by atoms with Crippen LogP contribution in [0.4, 0.5) is 5.69 Å². The molecule has 1 saturated heterocycles. The van der Waals surface area contributed by atoms with E-state index in [9.17, 15) is 9.59 Å². The topological polar surface area (TPSA) is 73.2 Å². The zero-order valence-electron chi connectivity index (χ0n) is 14.6. The van der Waals surface area contributed by atoms with Gasteiger partial charge in [-0.3, -0.25) is 9.59 Å². The lowest BCUT2D eigenvalue weighted by atomic mass is 10.2. The summed E-state index contributed by atoms with van der Waals surface area (Å²) in [5, 5.41) is 11.7. The molecule has 1 aromatic heterocycles. The van der Waals surface area contributed by atoms with E-state index in [-0.39, 0.29) is 11.8 Å². The molecule has 2 aromatic rings. The third kappa shape index (κ3) is 3.76. The highest BCUT2D eigenvalue weighted by Crippen LogP contribution is 2.28. The van der Waals surface area contributed by atoms with Gasteiger partial charge in [0.25, 0.3) is 5.91 Å². The largest absolute Gasteiger partial charge is 0.324 e. The zero-order chi connectivity index (χ0) is 18.7. The highest BCUT2D eigenvalue weighted by atomic mass is 32.2. The van der Waals surface area contributed by atoms with Crippen molar-refractivity contribution in [3.05, 3.63) is 51.2 Å². The number of benzene rings is 1. The minimum atomic E-state index is -0.490. The number of rotatable bonds is 4. The molecule has 1 N–H and O–H groups in total. The highest BCUT2D eigenvalue weighted by molar-refractivity contribution is 7.99. The minimum Gasteiger partial charge on any atom is -0.324 e. The molecule has 1 atom stereocenters. The number of hydrogen-bond acceptors (Lipinski definition) is 5. The van der Waals surface area contributed by atoms with E-state index in [1.807, 2.05) is 19.1 Å². The normalized spacial score (nSPS) is 16.3. The van der Waals surface area contributed by atoms with Crippen molar-refractivity contribution in [1.29, 1.82) is 5.26 Å². The molecule has 134 valence electrons. The van der Waals surface area contributed by atoms with Crippen LogP contribution in [0.3, 0.4) is 0 Å². The number of carbonyl (C=O) groups is 2. The lowest BCUT2D eigenvalue weighted by Gasteiger charge is -2.22. The second-order valence-corrected chi connectivity index (χ2v) is 8.27. The third-order valence-electron chi connectivity index (χ3n) is 4.34. The van der Waals surface area contributed by atoms with Crippen LogP contribution < -0.4 is 5.32 Å². The van der Waals surface area contributed by atoms with Gasteiger partial charge < -0.3 is 10.2 Å². The van der Waals surface area contributed by atoms with Gasteiger partial charge in [0, 0.05) is 16.3 Å². The van der Waals surface area contributed by atoms with Gasteiger partial charge in [0.05, 0.1) is 22.4 Å². The molecule has 5 nitrogen and oxygen atoms in total. The molecular weight excluding hydrogens is 366 g/mol. The van der Waals surface area contributed by atoms with Gasteiger partial charge in [-0.1, -0.05) is 6.92 Å². The third-order valence-corrected chi connectivity index (χ3v) is 6.43. The summed E-state index contributed by atoms with van der Waals surface area (Å²) in [6, 6.07) is 10.2. The number of amides is 2. The van der Waals surface area contributed by atoms with Gasteiger partial charge in [0.15, 0.2) is 0 Å². The predicted octanol–water partition coefficient (Wildman–Crippen LogP) is 3.64. The minimum absolute atomic E-state index is 0.0808. The summed E-state index contributed by atoms with van der Waals surface area (Å²) >= 11 is 3.07. The van der Waals surface area contributed by atoms with E-state index < -0.39 is 6.04 Å². The van der Waals surface area contributed by atoms with E-state index in [0.717, 1.165) is 11.3 Å². The summed E-state index contributed by atoms with van der Waals surface area (Å²) in [7, 11) is 0. The number of hydrogen-bond donors (Lipinski definition) is 1. The molecule has 0 saturated carbocycles. The van der Waals surface area contributed by atoms with Crippen molar-refractivity contribution in [2.45, 2.75) is 26.3 Å². The molecule has 26 heavy (non-hydrogen) atoms. The number of carbonyl (C=O) groups excluding carboxylic acids is 2. The maximum atomic E-state index is 12.9. The smallest absolute Gasteiger partial charge is 0.265 e. The number of thioether (sulfide) groups is 1. The van der Waals surface area contributed by atoms with Crippen LogP contribution >= 0.6 is 23.1 Å². The molecule has 2 heterocycles. The van der Waals surface area contributed by atoms with Crippen LogP contribution in [0.25, 0.3) is 0 Å². The maximum Gasteiger partial charge on any atom is 0.265 e. The van der Waals surface area contributed by atoms with E-state index in [1.165, 1.54) is 16.9 Å². The van der Waals surface area contributed by atoms with Crippen LogP contribution in [0.1, 0.15) is 32.6 Å². The number of anilines is 1. The Labute approximate surface area is 161 Å². The Morgan fingerprint density at radius 2 is 2.08 bits per heavy atom. The number of nitrogens with one attached hydrogen (secondary N) is 1. The van der Waals surface area contributed by atoms with Gasteiger partial charge in [-0.2, -0.15) is 5.26 Å². The van der Waals surface area contributed by atoms with Gasteiger partial charge in [-0.25, -0.2) is 0 Å². The van der Waals surface area contributed by atoms with Crippen LogP contribution in [0.15, 0.2) is 30.3 Å². The maximum absolute atomic E-state index is 12.9. The second-order valence-electron chi connectivity index (χ2n) is 6.01. The summed E-state index contributed by atoms with van der Waals surface area (Å²) in [6.07, 6.45) is 0.896. The highest BCUT2D eigenvalue weighted by Gasteiger charge is 2.35. The standard InChI is InChI=1S/C19H19N3O2S2/c1-3-14-8-17(26-12(14)2)19(24)22-11-25-10-16(22)18(23)21-15-6-4-13(9-20)5-7-15/h4-8,16H,3,10-11H2,1-2H3,(H,21,23). The Kier molecular flexibility index (Phi) is 5.64. The summed E-state index contributed by atoms with van der Waals surface area (Å²) in [6.45, 7) is 4.09. The Morgan fingerprint density at radius 1 is 1.35 bits per heavy atom. The molecule has 0 aliphatic carbocycles. The van der Waals surface area contributed by atoms with Gasteiger partial charge >= 0.3 is 0 Å². The van der Waals surface area contributed by atoms with E-state index >= 15 is 0 Å². The number of nitrogens with zero attached hydrogens (tertiary/aromatic N) is 2. The van der Waals surface area contributed by atoms with Crippen molar-refractivity contribution in [2.24, 2.45) is 0 Å². The molecule has 1 unspecified atom stereocenters. The van der Waals surface area contributed by atoms with Gasteiger partial charge in [-0.05, 0) is 49.2 Å². The SMILES string of the molecule is CCc1cc(C(=O)N2CSCC2C(=O)Nc2ccc(C#N)cc2)sc1C. The Balaban J connectivity index is 1.73. The molecule has 1 aromatic carbocycles. The van der Waals surface area contributed by atoms with Crippen LogP contribution in [-0.2, 0) is 11.2 Å². The first kappa shape index (κ1) is 18.5. The second kappa shape index (κ2) is 7.94. The Hall–Kier alpha value is -2.30. The average Bonchev–Trinajstić information content (AvgIpc) is 3.28. The molecular formula is C19H19N3O2S2. The monoisotopic (exact) mass is 385 g/mol. The molecule has 1 aliphatic heterocycles. The van der Waals surface area contributed by atoms with Crippen LogP contribution in [0.5, 0.6) is 0 Å². The van der Waals surface area contributed by atoms with Gasteiger partial charge in [0.1, 0.15) is 6.04 Å². The first-order valence-corrected chi connectivity index (χ1v) is 10.3. The molecule has 0 bridgehead atoms. The fourth-order valence-corrected chi connectivity index (χ4v) is 5.06. The van der Waals surface area contributed by atoms with E-state index in [4.69, 9.17) is 5.26 Å². The molecule has 1 aliphatic rings. The Bertz CT molecular complexity index is 868. The number of nitriles is 1. The van der Waals surface area contributed by atoms with Crippen molar-refractivity contribution in [3.8, 4) is 6.07 Å². The molecule has 3 rings (SSSR count). The lowest BCUT2D eigenvalue weighted by Crippen LogP contribution is -2.44. The first-order chi connectivity index (χ1) is 12.5. The quantitative estimate of drug-likeness (QED) is 0.872. The molecule has 0 spiro atoms. The molecule has 1 fully saturated rings. The van der Waals surface area contributed by atoms with Gasteiger partial charge in [0.2, 0.25) is 5.91 Å². The number of aryl methyl sites for hydroxylation is 2. The molecule has 0 radical (unpaired) electrons. The Morgan fingerprint density at radius 3 is 2.69 bits per heavy atom. The van der Waals surface area contributed by atoms with E-state index in [0.29, 0.717) is 27.8 Å². The summed E-state index contributed by atoms with van der Waals surface area (Å²) in [5.74, 6) is 0.821. The fourth-order valence-electron chi connectivity index (χ4n) is 2.83. The average molecular weight is 386 g/mol. The van der Waals surface area contributed by atoms with Gasteiger partial charge in [-0.15, -0.1) is 23.1 Å². The van der Waals surface area contributed by atoms with Crippen molar-refractivity contribution < 1.29 is 9.59 Å². The summed E-state index contributed by atoms with van der Waals surface area (Å²) in [4.78, 5) is 29.0. The van der Waals surface area contributed by atoms with Crippen molar-refractivity contribution in [3.63, 3.8) is 0 Å². The van der Waals surface area contributed by atoms with E-state index in [1.54, 1.807) is 40.9 Å². The van der Waals surface area contributed by atoms with Crippen LogP contribution in [-0.4, -0.2) is 34.4 Å². The molecule has 2 amide bonds. The zero-order valence-corrected chi connectivity index (χ0v) is 16.2. The van der Waals surface area contributed by atoms with Crippen molar-refractivity contribution in [1.82, 2.24) is 4.90 Å². The fraction of sp³-hybridized carbons (Fsp3) is 0.316. The molecule has 7 heteroatoms. The summed E-state index contributed by atoms with van der Waals surface area (Å²) < 4.78 is 0. The predicted molar refractivity (Wildman–Crippen MR) is 106 cm³/mol. The van der Waals surface area contributed by atoms with Crippen molar-refractivity contribution >= 4 is 40.6 Å². The van der Waals surface area contributed by atoms with E-state index in [2.05, 4.69) is 12.2 Å². The van der Waals surface area contributed by atoms with Crippen LogP contribution in [0.2, 0.25) is 0 Å². The van der Waals surface area contributed by atoms with Crippen LogP contribution in [0, 0.1) is 18.3 Å². The first-order valence-electron chi connectivity index (χ1n) is 8.32.